The highest BCUT2D eigenvalue weighted by Crippen LogP contribution is 2.21. The highest BCUT2D eigenvalue weighted by Gasteiger charge is 2.31. The van der Waals surface area contributed by atoms with E-state index in [1.807, 2.05) is 27.8 Å². The minimum absolute atomic E-state index is 0.151. The fraction of sp³-hybridized carbons (Fsp3) is 0.917. The molecule has 0 bridgehead atoms. The average molecular weight is 229 g/mol. The molecule has 1 aliphatic heterocycles. The zero-order valence-corrected chi connectivity index (χ0v) is 10.7. The molecule has 1 rings (SSSR count). The topological polar surface area (TPSA) is 47.6 Å². The first-order chi connectivity index (χ1) is 7.44. The van der Waals surface area contributed by atoms with Crippen molar-refractivity contribution in [1.29, 1.82) is 0 Å². The highest BCUT2D eigenvalue weighted by atomic mass is 16.6. The molecule has 16 heavy (non-hydrogen) atoms. The van der Waals surface area contributed by atoms with Crippen LogP contribution >= 0.6 is 0 Å². The van der Waals surface area contributed by atoms with Crippen LogP contribution < -0.4 is 5.32 Å². The zero-order chi connectivity index (χ0) is 12.2. The van der Waals surface area contributed by atoms with E-state index in [1.165, 1.54) is 0 Å². The Bertz CT molecular complexity index is 229. The van der Waals surface area contributed by atoms with Gasteiger partial charge in [0.2, 0.25) is 0 Å². The molecule has 0 spiro atoms. The predicted octanol–water partition coefficient (Wildman–Crippen LogP) is 1.34. The van der Waals surface area contributed by atoms with Gasteiger partial charge in [0, 0.05) is 13.2 Å². The number of carbonyl (C=O) groups excluding carboxylic acids is 1. The van der Waals surface area contributed by atoms with Crippen molar-refractivity contribution in [2.45, 2.75) is 45.3 Å². The Morgan fingerprint density at radius 1 is 1.38 bits per heavy atom. The second kappa shape index (κ2) is 5.64. The van der Waals surface area contributed by atoms with Crippen molar-refractivity contribution >= 4 is 5.97 Å². The number of nitrogens with one attached hydrogen (secondary N) is 1. The summed E-state index contributed by atoms with van der Waals surface area (Å²) >= 11 is 0. The Morgan fingerprint density at radius 3 is 2.38 bits per heavy atom. The van der Waals surface area contributed by atoms with Gasteiger partial charge in [-0.05, 0) is 46.6 Å². The van der Waals surface area contributed by atoms with Gasteiger partial charge in [-0.25, -0.2) is 0 Å². The van der Waals surface area contributed by atoms with Gasteiger partial charge in [-0.2, -0.15) is 0 Å². The lowest BCUT2D eigenvalue weighted by molar-refractivity contribution is -0.159. The molecule has 4 nitrogen and oxygen atoms in total. The van der Waals surface area contributed by atoms with Crippen LogP contribution in [0.3, 0.4) is 0 Å². The van der Waals surface area contributed by atoms with E-state index in [-0.39, 0.29) is 12.0 Å². The minimum Gasteiger partial charge on any atom is -0.459 e. The van der Waals surface area contributed by atoms with Crippen LogP contribution in [0.25, 0.3) is 0 Å². The van der Waals surface area contributed by atoms with E-state index in [1.54, 1.807) is 0 Å². The van der Waals surface area contributed by atoms with Crippen molar-refractivity contribution < 1.29 is 14.3 Å². The summed E-state index contributed by atoms with van der Waals surface area (Å²) in [5, 5.41) is 3.06. The van der Waals surface area contributed by atoms with Gasteiger partial charge >= 0.3 is 5.97 Å². The number of carbonyl (C=O) groups is 1. The maximum Gasteiger partial charge on any atom is 0.323 e. The zero-order valence-electron chi connectivity index (χ0n) is 10.7. The summed E-state index contributed by atoms with van der Waals surface area (Å²) in [6.07, 6.45) is 1.84. The molecule has 1 saturated heterocycles. The Hall–Kier alpha value is -0.610. The fourth-order valence-electron chi connectivity index (χ4n) is 1.96. The van der Waals surface area contributed by atoms with E-state index in [0.717, 1.165) is 26.1 Å². The number of rotatable bonds is 3. The number of ether oxygens (including phenoxy) is 2. The van der Waals surface area contributed by atoms with Crippen molar-refractivity contribution in [3.05, 3.63) is 0 Å². The summed E-state index contributed by atoms with van der Waals surface area (Å²) < 4.78 is 10.7. The smallest absolute Gasteiger partial charge is 0.323 e. The molecule has 1 atom stereocenters. The van der Waals surface area contributed by atoms with E-state index >= 15 is 0 Å². The molecule has 0 radical (unpaired) electrons. The fourth-order valence-corrected chi connectivity index (χ4v) is 1.96. The van der Waals surface area contributed by atoms with Gasteiger partial charge in [0.25, 0.3) is 0 Å². The molecule has 1 unspecified atom stereocenters. The minimum atomic E-state index is -0.419. The summed E-state index contributed by atoms with van der Waals surface area (Å²) in [7, 11) is 1.81. The van der Waals surface area contributed by atoms with E-state index in [0.29, 0.717) is 5.92 Å². The van der Waals surface area contributed by atoms with Crippen molar-refractivity contribution in [1.82, 2.24) is 5.32 Å². The van der Waals surface area contributed by atoms with E-state index < -0.39 is 5.60 Å². The van der Waals surface area contributed by atoms with Crippen molar-refractivity contribution in [3.63, 3.8) is 0 Å². The maximum atomic E-state index is 12.0. The third kappa shape index (κ3) is 4.10. The molecule has 0 aromatic carbocycles. The number of hydrogen-bond acceptors (Lipinski definition) is 4. The number of likely N-dealkylation sites (N-methyl/N-ethyl adjacent to an activating group) is 1. The highest BCUT2D eigenvalue weighted by molar-refractivity contribution is 5.76. The predicted molar refractivity (Wildman–Crippen MR) is 62.2 cm³/mol. The van der Waals surface area contributed by atoms with Crippen LogP contribution in [0, 0.1) is 5.92 Å². The van der Waals surface area contributed by atoms with E-state index in [4.69, 9.17) is 9.47 Å². The maximum absolute atomic E-state index is 12.0. The molecule has 0 amide bonds. The number of esters is 1. The summed E-state index contributed by atoms with van der Waals surface area (Å²) in [4.78, 5) is 12.0. The van der Waals surface area contributed by atoms with Crippen LogP contribution in [0.4, 0.5) is 0 Å². The Kier molecular flexibility index (Phi) is 4.74. The molecule has 1 aliphatic rings. The largest absolute Gasteiger partial charge is 0.459 e. The second-order valence-corrected chi connectivity index (χ2v) is 5.25. The first-order valence-corrected chi connectivity index (χ1v) is 5.92. The van der Waals surface area contributed by atoms with Gasteiger partial charge in [-0.1, -0.05) is 0 Å². The van der Waals surface area contributed by atoms with Crippen LogP contribution in [0.15, 0.2) is 0 Å². The third-order valence-corrected chi connectivity index (χ3v) is 2.71. The van der Waals surface area contributed by atoms with Gasteiger partial charge < -0.3 is 14.8 Å². The van der Waals surface area contributed by atoms with Gasteiger partial charge in [-0.15, -0.1) is 0 Å². The lowest BCUT2D eigenvalue weighted by Crippen LogP contribution is -2.46. The number of hydrogen-bond donors (Lipinski definition) is 1. The lowest BCUT2D eigenvalue weighted by Gasteiger charge is -2.31. The molecule has 1 heterocycles. The van der Waals surface area contributed by atoms with Crippen LogP contribution in [-0.2, 0) is 14.3 Å². The molecule has 1 fully saturated rings. The van der Waals surface area contributed by atoms with Crippen molar-refractivity contribution in [3.8, 4) is 0 Å². The quantitative estimate of drug-likeness (QED) is 0.742. The Balaban J connectivity index is 2.55. The summed E-state index contributed by atoms with van der Waals surface area (Å²) in [5.74, 6) is 0.176. The van der Waals surface area contributed by atoms with Gasteiger partial charge in [0.05, 0.1) is 0 Å². The second-order valence-electron chi connectivity index (χ2n) is 5.25. The normalized spacial score (nSPS) is 20.5. The molecular weight excluding hydrogens is 206 g/mol. The molecule has 1 N–H and O–H groups in total. The van der Waals surface area contributed by atoms with Crippen LogP contribution in [0.5, 0.6) is 0 Å². The first-order valence-electron chi connectivity index (χ1n) is 5.92. The van der Waals surface area contributed by atoms with E-state index in [9.17, 15) is 4.79 Å². The summed E-state index contributed by atoms with van der Waals surface area (Å²) in [6.45, 7) is 7.15. The van der Waals surface area contributed by atoms with Crippen LogP contribution in [0.1, 0.15) is 33.6 Å². The van der Waals surface area contributed by atoms with Gasteiger partial charge in [0.15, 0.2) is 0 Å². The first kappa shape index (κ1) is 13.5. The van der Waals surface area contributed by atoms with Crippen molar-refractivity contribution in [2.75, 3.05) is 20.3 Å². The third-order valence-electron chi connectivity index (χ3n) is 2.71. The summed E-state index contributed by atoms with van der Waals surface area (Å²) in [5.41, 5.74) is -0.419. The monoisotopic (exact) mass is 229 g/mol. The molecule has 0 aromatic heterocycles. The average Bonchev–Trinajstić information content (AvgIpc) is 2.17. The SMILES string of the molecule is CNC(C(=O)OC(C)(C)C)C1CCOCC1. The molecule has 94 valence electrons. The van der Waals surface area contributed by atoms with Crippen LogP contribution in [0.2, 0.25) is 0 Å². The standard InChI is InChI=1S/C12H23NO3/c1-12(2,3)16-11(14)10(13-4)9-5-7-15-8-6-9/h9-10,13H,5-8H2,1-4H3. The lowest BCUT2D eigenvalue weighted by atomic mass is 9.92. The molecule has 0 aliphatic carbocycles. The van der Waals surface area contributed by atoms with Crippen LogP contribution in [-0.4, -0.2) is 37.9 Å². The Labute approximate surface area is 97.7 Å². The molecule has 0 aromatic rings. The van der Waals surface area contributed by atoms with Gasteiger partial charge in [0.1, 0.15) is 11.6 Å². The summed E-state index contributed by atoms with van der Waals surface area (Å²) in [6, 6.07) is -0.205. The molecule has 0 saturated carbocycles. The Morgan fingerprint density at radius 2 is 1.94 bits per heavy atom. The van der Waals surface area contributed by atoms with Gasteiger partial charge in [-0.3, -0.25) is 4.79 Å². The molecule has 4 heteroatoms. The molecular formula is C12H23NO3. The van der Waals surface area contributed by atoms with E-state index in [2.05, 4.69) is 5.32 Å². The van der Waals surface area contributed by atoms with Crippen molar-refractivity contribution in [2.24, 2.45) is 5.92 Å².